The average Bonchev–Trinajstić information content (AvgIpc) is 2.57. The summed E-state index contributed by atoms with van der Waals surface area (Å²) < 4.78 is 5.83. The Hall–Kier alpha value is -2.58. The van der Waals surface area contributed by atoms with Crippen molar-refractivity contribution in [2.75, 3.05) is 0 Å². The summed E-state index contributed by atoms with van der Waals surface area (Å²) in [6.45, 7) is 0.548. The van der Waals surface area contributed by atoms with Crippen LogP contribution in [0.1, 0.15) is 5.56 Å². The molecule has 0 amide bonds. The van der Waals surface area contributed by atoms with E-state index in [0.717, 1.165) is 17.1 Å². The van der Waals surface area contributed by atoms with Gasteiger partial charge in [0.15, 0.2) is 0 Å². The minimum Gasteiger partial charge on any atom is -0.457 e. The highest BCUT2D eigenvalue weighted by Gasteiger charge is 2.00. The van der Waals surface area contributed by atoms with Gasteiger partial charge in [-0.1, -0.05) is 54.6 Å². The van der Waals surface area contributed by atoms with Gasteiger partial charge in [-0.05, 0) is 41.0 Å². The monoisotopic (exact) mass is 275 g/mol. The lowest BCUT2D eigenvalue weighted by Crippen LogP contribution is -1.95. The van der Waals surface area contributed by atoms with E-state index in [4.69, 9.17) is 10.5 Å². The molecule has 0 aliphatic carbocycles. The molecule has 0 aromatic heterocycles. The number of nitrogens with two attached hydrogens (primary N) is 1. The van der Waals surface area contributed by atoms with Crippen molar-refractivity contribution in [1.82, 2.24) is 0 Å². The van der Waals surface area contributed by atoms with Gasteiger partial charge in [0.1, 0.15) is 11.5 Å². The Labute approximate surface area is 124 Å². The fourth-order valence-corrected chi connectivity index (χ4v) is 2.18. The molecule has 0 unspecified atom stereocenters. The maximum absolute atomic E-state index is 5.83. The second-order valence-corrected chi connectivity index (χ2v) is 4.84. The zero-order valence-electron chi connectivity index (χ0n) is 11.7. The molecule has 3 aromatic rings. The van der Waals surface area contributed by atoms with Crippen molar-refractivity contribution in [3.63, 3.8) is 0 Å². The minimum absolute atomic E-state index is 0.548. The van der Waals surface area contributed by atoms with Gasteiger partial charge in [0.25, 0.3) is 0 Å². The van der Waals surface area contributed by atoms with Crippen molar-refractivity contribution in [2.24, 2.45) is 5.73 Å². The normalized spacial score (nSPS) is 10.3. The number of benzene rings is 3. The van der Waals surface area contributed by atoms with Gasteiger partial charge >= 0.3 is 0 Å². The molecule has 3 rings (SSSR count). The second kappa shape index (κ2) is 6.25. The van der Waals surface area contributed by atoms with Crippen molar-refractivity contribution < 1.29 is 4.74 Å². The fraction of sp³-hybridized carbons (Fsp3) is 0.0526. The lowest BCUT2D eigenvalue weighted by Gasteiger charge is -2.07. The summed E-state index contributed by atoms with van der Waals surface area (Å²) in [6.07, 6.45) is 0. The van der Waals surface area contributed by atoms with Crippen molar-refractivity contribution >= 4 is 0 Å². The summed E-state index contributed by atoms with van der Waals surface area (Å²) in [5.41, 5.74) is 9.07. The van der Waals surface area contributed by atoms with E-state index >= 15 is 0 Å². The molecule has 3 aromatic carbocycles. The zero-order valence-corrected chi connectivity index (χ0v) is 11.7. The van der Waals surface area contributed by atoms with Crippen LogP contribution in [0, 0.1) is 0 Å². The number of rotatable bonds is 4. The molecule has 0 spiro atoms. The van der Waals surface area contributed by atoms with Crippen LogP contribution in [0.5, 0.6) is 11.5 Å². The van der Waals surface area contributed by atoms with Crippen molar-refractivity contribution in [3.05, 3.63) is 84.4 Å². The van der Waals surface area contributed by atoms with E-state index in [1.165, 1.54) is 11.1 Å². The van der Waals surface area contributed by atoms with Gasteiger partial charge in [-0.25, -0.2) is 0 Å². The third-order valence-corrected chi connectivity index (χ3v) is 3.36. The summed E-state index contributed by atoms with van der Waals surface area (Å²) >= 11 is 0. The summed E-state index contributed by atoms with van der Waals surface area (Å²) in [7, 11) is 0. The van der Waals surface area contributed by atoms with Gasteiger partial charge in [0.05, 0.1) is 0 Å². The molecule has 2 nitrogen and oxygen atoms in total. The van der Waals surface area contributed by atoms with Gasteiger partial charge < -0.3 is 10.5 Å². The van der Waals surface area contributed by atoms with E-state index < -0.39 is 0 Å². The molecule has 0 aliphatic rings. The van der Waals surface area contributed by atoms with E-state index in [-0.39, 0.29) is 0 Å². The van der Waals surface area contributed by atoms with E-state index in [2.05, 4.69) is 24.3 Å². The van der Waals surface area contributed by atoms with Gasteiger partial charge in [-0.15, -0.1) is 0 Å². The molecule has 2 heteroatoms. The van der Waals surface area contributed by atoms with Gasteiger partial charge in [0, 0.05) is 6.54 Å². The Balaban J connectivity index is 1.75. The number of ether oxygens (including phenoxy) is 1. The highest BCUT2D eigenvalue weighted by atomic mass is 16.5. The first-order chi connectivity index (χ1) is 10.3. The van der Waals surface area contributed by atoms with E-state index in [1.807, 2.05) is 54.6 Å². The Kier molecular flexibility index (Phi) is 3.99. The van der Waals surface area contributed by atoms with Gasteiger partial charge in [0.2, 0.25) is 0 Å². The summed E-state index contributed by atoms with van der Waals surface area (Å²) in [4.78, 5) is 0. The van der Waals surface area contributed by atoms with Crippen LogP contribution >= 0.6 is 0 Å². The lowest BCUT2D eigenvalue weighted by atomic mass is 10.1. The first-order valence-corrected chi connectivity index (χ1v) is 6.97. The van der Waals surface area contributed by atoms with Crippen molar-refractivity contribution in [1.29, 1.82) is 0 Å². The summed E-state index contributed by atoms with van der Waals surface area (Å²) in [6, 6.07) is 26.2. The number of hydrogen-bond acceptors (Lipinski definition) is 2. The van der Waals surface area contributed by atoms with Crippen LogP contribution in [-0.4, -0.2) is 0 Å². The molecule has 0 bridgehead atoms. The Morgan fingerprint density at radius 2 is 1.14 bits per heavy atom. The third-order valence-electron chi connectivity index (χ3n) is 3.36. The van der Waals surface area contributed by atoms with Gasteiger partial charge in [-0.2, -0.15) is 0 Å². The molecule has 0 saturated heterocycles. The minimum atomic E-state index is 0.548. The Bertz CT molecular complexity index is 688. The topological polar surface area (TPSA) is 35.2 Å². The lowest BCUT2D eigenvalue weighted by molar-refractivity contribution is 0.482. The molecule has 2 N–H and O–H groups in total. The molecule has 0 radical (unpaired) electrons. The maximum Gasteiger partial charge on any atom is 0.127 e. The first-order valence-electron chi connectivity index (χ1n) is 6.97. The largest absolute Gasteiger partial charge is 0.457 e. The maximum atomic E-state index is 5.83. The van der Waals surface area contributed by atoms with Gasteiger partial charge in [-0.3, -0.25) is 0 Å². The number of hydrogen-bond donors (Lipinski definition) is 1. The fourth-order valence-electron chi connectivity index (χ4n) is 2.18. The van der Waals surface area contributed by atoms with Crippen LogP contribution in [0.25, 0.3) is 11.1 Å². The molecule has 0 atom stereocenters. The Morgan fingerprint density at radius 3 is 1.71 bits per heavy atom. The van der Waals surface area contributed by atoms with E-state index in [1.54, 1.807) is 0 Å². The van der Waals surface area contributed by atoms with Crippen molar-refractivity contribution in [2.45, 2.75) is 6.54 Å². The van der Waals surface area contributed by atoms with Crippen molar-refractivity contribution in [3.8, 4) is 22.6 Å². The molecule has 0 aliphatic heterocycles. The van der Waals surface area contributed by atoms with Crippen LogP contribution in [-0.2, 0) is 6.54 Å². The highest BCUT2D eigenvalue weighted by molar-refractivity contribution is 5.64. The van der Waals surface area contributed by atoms with Crippen LogP contribution in [0.15, 0.2) is 78.9 Å². The summed E-state index contributed by atoms with van der Waals surface area (Å²) in [5.74, 6) is 1.65. The quantitative estimate of drug-likeness (QED) is 0.755. The highest BCUT2D eigenvalue weighted by Crippen LogP contribution is 2.25. The predicted molar refractivity (Wildman–Crippen MR) is 86.3 cm³/mol. The SMILES string of the molecule is NCc1ccc(Oc2ccc(-c3ccccc3)cc2)cc1. The Morgan fingerprint density at radius 1 is 0.619 bits per heavy atom. The third kappa shape index (κ3) is 3.30. The van der Waals surface area contributed by atoms with Crippen LogP contribution in [0.3, 0.4) is 0 Å². The molecule has 21 heavy (non-hydrogen) atoms. The van der Waals surface area contributed by atoms with E-state index in [9.17, 15) is 0 Å². The standard InChI is InChI=1S/C19H17NO/c20-14-15-6-10-18(11-7-15)21-19-12-8-17(9-13-19)16-4-2-1-3-5-16/h1-13H,14,20H2. The molecular formula is C19H17NO. The zero-order chi connectivity index (χ0) is 14.5. The molecule has 0 heterocycles. The molecule has 104 valence electrons. The van der Waals surface area contributed by atoms with E-state index in [0.29, 0.717) is 6.54 Å². The second-order valence-electron chi connectivity index (χ2n) is 4.84. The smallest absolute Gasteiger partial charge is 0.127 e. The van der Waals surface area contributed by atoms with Crippen LogP contribution in [0.4, 0.5) is 0 Å². The molecular weight excluding hydrogens is 258 g/mol. The molecule has 0 fully saturated rings. The first kappa shape index (κ1) is 13.4. The molecule has 0 saturated carbocycles. The van der Waals surface area contributed by atoms with Crippen LogP contribution < -0.4 is 10.5 Å². The summed E-state index contributed by atoms with van der Waals surface area (Å²) in [5, 5.41) is 0. The van der Waals surface area contributed by atoms with Crippen LogP contribution in [0.2, 0.25) is 0 Å². The average molecular weight is 275 g/mol. The predicted octanol–water partition coefficient (Wildman–Crippen LogP) is 4.60.